The van der Waals surface area contributed by atoms with Gasteiger partial charge in [0, 0.05) is 30.3 Å². The number of aliphatic hydroxyl groups excluding tert-OH is 2. The number of phenols is 1. The zero-order valence-electron chi connectivity index (χ0n) is 22.6. The Balaban J connectivity index is 1.53. The molecule has 0 spiro atoms. The first-order valence-corrected chi connectivity index (χ1v) is 14.2. The monoisotopic (exact) mass is 622 g/mol. The number of anilines is 1. The molecule has 1 heterocycles. The summed E-state index contributed by atoms with van der Waals surface area (Å²) in [7, 11) is 1.90. The highest BCUT2D eigenvalue weighted by atomic mass is 35.6. The molecule has 1 amide bonds. The van der Waals surface area contributed by atoms with Gasteiger partial charge < -0.3 is 35.0 Å². The van der Waals surface area contributed by atoms with Gasteiger partial charge in [0.2, 0.25) is 0 Å². The molecule has 0 radical (unpaired) electrons. The molecule has 0 aliphatic carbocycles. The van der Waals surface area contributed by atoms with Crippen LogP contribution in [0.15, 0.2) is 72.8 Å². The molecule has 4 N–H and O–H groups in total. The van der Waals surface area contributed by atoms with Crippen LogP contribution >= 0.6 is 34.8 Å². The number of aliphatic hydroxyl groups is 2. The van der Waals surface area contributed by atoms with Crippen LogP contribution in [0, 0.1) is 5.92 Å². The molecule has 11 heteroatoms. The van der Waals surface area contributed by atoms with Gasteiger partial charge in [0.05, 0.1) is 24.9 Å². The van der Waals surface area contributed by atoms with Crippen molar-refractivity contribution < 1.29 is 29.6 Å². The third-order valence-corrected chi connectivity index (χ3v) is 7.57. The lowest BCUT2D eigenvalue weighted by atomic mass is 9.90. The lowest BCUT2D eigenvalue weighted by molar-refractivity contribution is -0.276. The van der Waals surface area contributed by atoms with Gasteiger partial charge in [-0.1, -0.05) is 90.3 Å². The molecule has 0 unspecified atom stereocenters. The molecule has 1 fully saturated rings. The van der Waals surface area contributed by atoms with Crippen molar-refractivity contribution in [2.45, 2.75) is 41.9 Å². The lowest BCUT2D eigenvalue weighted by Crippen LogP contribution is -2.44. The number of nitrogens with zero attached hydrogens (tertiary/aromatic N) is 1. The van der Waals surface area contributed by atoms with Crippen molar-refractivity contribution in [3.8, 4) is 5.75 Å². The molecule has 41 heavy (non-hydrogen) atoms. The van der Waals surface area contributed by atoms with Crippen molar-refractivity contribution >= 4 is 46.4 Å². The number of carbonyl (C=O) groups excluding carboxylic acids is 1. The minimum Gasteiger partial charge on any atom is -0.508 e. The number of halogens is 3. The van der Waals surface area contributed by atoms with E-state index in [1.54, 1.807) is 48.5 Å². The van der Waals surface area contributed by atoms with Crippen LogP contribution in [0.3, 0.4) is 0 Å². The summed E-state index contributed by atoms with van der Waals surface area (Å²) in [5.41, 5.74) is 3.55. The Bertz CT molecular complexity index is 1300. The number of aromatic hydroxyl groups is 1. The number of phenolic OH excluding ortho intramolecular Hbond substituents is 1. The van der Waals surface area contributed by atoms with E-state index in [0.717, 1.165) is 16.7 Å². The third-order valence-electron chi connectivity index (χ3n) is 7.05. The maximum Gasteiger partial charge on any atom is 0.276 e. The number of rotatable bonds is 9. The molecular weight excluding hydrogens is 591 g/mol. The summed E-state index contributed by atoms with van der Waals surface area (Å²) in [6, 6.07) is 21.1. The van der Waals surface area contributed by atoms with Crippen LogP contribution in [0.4, 0.5) is 5.69 Å². The van der Waals surface area contributed by atoms with Gasteiger partial charge in [-0.3, -0.25) is 4.79 Å². The molecule has 0 aromatic heterocycles. The van der Waals surface area contributed by atoms with E-state index < -0.39 is 22.1 Å². The molecule has 8 nitrogen and oxygen atoms in total. The Kier molecular flexibility index (Phi) is 10.5. The van der Waals surface area contributed by atoms with Crippen LogP contribution in [-0.2, 0) is 20.9 Å². The predicted octanol–water partition coefficient (Wildman–Crippen LogP) is 5.65. The minimum absolute atomic E-state index is 0.0524. The topological polar surface area (TPSA) is 111 Å². The number of ether oxygens (including phenoxy) is 2. The van der Waals surface area contributed by atoms with E-state index in [4.69, 9.17) is 44.3 Å². The highest BCUT2D eigenvalue weighted by molar-refractivity contribution is 6.76. The Labute approximate surface area is 254 Å². The molecule has 1 saturated heterocycles. The summed E-state index contributed by atoms with van der Waals surface area (Å²) in [4.78, 5) is 14.0. The molecular formula is C30H33Cl3N2O6. The lowest BCUT2D eigenvalue weighted by Gasteiger charge is -2.42. The highest BCUT2D eigenvalue weighted by Gasteiger charge is 2.39. The minimum atomic E-state index is -2.09. The fourth-order valence-electron chi connectivity index (χ4n) is 4.77. The maximum absolute atomic E-state index is 12.0. The molecule has 220 valence electrons. The second-order valence-corrected chi connectivity index (χ2v) is 12.5. The van der Waals surface area contributed by atoms with Crippen LogP contribution in [0.2, 0.25) is 0 Å². The normalized spacial score (nSPS) is 22.0. The molecule has 1 aliphatic heterocycles. The van der Waals surface area contributed by atoms with Gasteiger partial charge >= 0.3 is 0 Å². The van der Waals surface area contributed by atoms with Gasteiger partial charge in [-0.25, -0.2) is 0 Å². The fourth-order valence-corrected chi connectivity index (χ4v) is 4.91. The van der Waals surface area contributed by atoms with E-state index >= 15 is 0 Å². The second kappa shape index (κ2) is 13.7. The second-order valence-electron chi connectivity index (χ2n) is 10.2. The number of carbonyl (C=O) groups is 1. The van der Waals surface area contributed by atoms with E-state index in [1.165, 1.54) is 0 Å². The number of benzene rings is 3. The van der Waals surface area contributed by atoms with Gasteiger partial charge in [-0.15, -0.1) is 0 Å². The molecule has 0 bridgehead atoms. The SMILES string of the molecule is C[C@@H]1[C@H](CN(C)C[C@@H](O)c2cccc(O)c2)O[C@H](c2ccc(NC(=O)C(Cl)(Cl)Cl)cc2)O[C@@H]1c1ccc(CO)cc1. The smallest absolute Gasteiger partial charge is 0.276 e. The first-order valence-electron chi connectivity index (χ1n) is 13.1. The van der Waals surface area contributed by atoms with Gasteiger partial charge in [-0.05, 0) is 48.0 Å². The third kappa shape index (κ3) is 8.34. The van der Waals surface area contributed by atoms with Gasteiger partial charge in [0.1, 0.15) is 5.75 Å². The fraction of sp³-hybridized carbons (Fsp3) is 0.367. The number of hydrogen-bond acceptors (Lipinski definition) is 7. The Morgan fingerprint density at radius 2 is 1.68 bits per heavy atom. The van der Waals surface area contributed by atoms with Crippen molar-refractivity contribution in [2.75, 3.05) is 25.5 Å². The average molecular weight is 624 g/mol. The quantitative estimate of drug-likeness (QED) is 0.228. The van der Waals surface area contributed by atoms with E-state index in [1.807, 2.05) is 36.2 Å². The van der Waals surface area contributed by atoms with Crippen molar-refractivity contribution in [3.05, 3.63) is 95.1 Å². The Morgan fingerprint density at radius 3 is 2.29 bits per heavy atom. The van der Waals surface area contributed by atoms with Gasteiger partial charge in [0.15, 0.2) is 6.29 Å². The zero-order valence-corrected chi connectivity index (χ0v) is 24.9. The standard InChI is InChI=1S/C30H33Cl3N2O6/c1-18-26(16-35(2)15-25(38)22-4-3-5-24(37)14-22)40-28(41-27(18)20-8-6-19(17-36)7-9-20)21-10-12-23(13-11-21)34-29(39)30(31,32)33/h3-14,18,25-28,36-38H,15-17H2,1-2H3,(H,34,39)/t18-,25-,26+,27+,28+/m1/s1. The first kappa shape index (κ1) is 31.5. The summed E-state index contributed by atoms with van der Waals surface area (Å²) in [6.07, 6.45) is -2.11. The number of hydrogen-bond donors (Lipinski definition) is 4. The molecule has 5 atom stereocenters. The molecule has 3 aromatic rings. The predicted molar refractivity (Wildman–Crippen MR) is 159 cm³/mol. The summed E-state index contributed by atoms with van der Waals surface area (Å²) in [5.74, 6) is -0.729. The number of likely N-dealkylation sites (N-methyl/N-ethyl adjacent to an activating group) is 1. The molecule has 0 saturated carbocycles. The molecule has 3 aromatic carbocycles. The van der Waals surface area contributed by atoms with Gasteiger partial charge in [-0.2, -0.15) is 0 Å². The Hall–Kier alpha value is -2.40. The van der Waals surface area contributed by atoms with Crippen LogP contribution in [0.25, 0.3) is 0 Å². The van der Waals surface area contributed by atoms with Crippen molar-refractivity contribution in [3.63, 3.8) is 0 Å². The summed E-state index contributed by atoms with van der Waals surface area (Å²) in [5, 5.41) is 32.6. The first-order chi connectivity index (χ1) is 19.4. The van der Waals surface area contributed by atoms with E-state index in [2.05, 4.69) is 12.2 Å². The van der Waals surface area contributed by atoms with E-state index in [9.17, 15) is 20.1 Å². The van der Waals surface area contributed by atoms with Crippen LogP contribution in [0.5, 0.6) is 5.75 Å². The summed E-state index contributed by atoms with van der Waals surface area (Å²) in [6.45, 7) is 2.83. The van der Waals surface area contributed by atoms with E-state index in [0.29, 0.717) is 24.3 Å². The average Bonchev–Trinajstić information content (AvgIpc) is 2.94. The summed E-state index contributed by atoms with van der Waals surface area (Å²) >= 11 is 17.0. The molecule has 4 rings (SSSR count). The van der Waals surface area contributed by atoms with Crippen molar-refractivity contribution in [2.24, 2.45) is 5.92 Å². The summed E-state index contributed by atoms with van der Waals surface area (Å²) < 4.78 is 10.8. The van der Waals surface area contributed by atoms with Crippen molar-refractivity contribution in [1.82, 2.24) is 4.90 Å². The largest absolute Gasteiger partial charge is 0.508 e. The van der Waals surface area contributed by atoms with Crippen LogP contribution in [-0.4, -0.2) is 56.2 Å². The zero-order chi connectivity index (χ0) is 29.7. The highest BCUT2D eigenvalue weighted by Crippen LogP contribution is 2.42. The maximum atomic E-state index is 12.0. The van der Waals surface area contributed by atoms with E-state index in [-0.39, 0.29) is 30.5 Å². The number of amides is 1. The molecule has 1 aliphatic rings. The number of alkyl halides is 3. The number of nitrogens with one attached hydrogen (secondary N) is 1. The van der Waals surface area contributed by atoms with Crippen LogP contribution in [0.1, 0.15) is 47.7 Å². The van der Waals surface area contributed by atoms with Crippen LogP contribution < -0.4 is 5.32 Å². The van der Waals surface area contributed by atoms with Gasteiger partial charge in [0.25, 0.3) is 9.70 Å². The Morgan fingerprint density at radius 1 is 1.02 bits per heavy atom. The van der Waals surface area contributed by atoms with Crippen molar-refractivity contribution in [1.29, 1.82) is 0 Å².